The first-order valence-corrected chi connectivity index (χ1v) is 7.69. The van der Waals surface area contributed by atoms with Gasteiger partial charge in [-0.15, -0.1) is 0 Å². The van der Waals surface area contributed by atoms with Crippen LogP contribution in [0.1, 0.15) is 13.3 Å². The van der Waals surface area contributed by atoms with Gasteiger partial charge < -0.3 is 15.2 Å². The molecule has 0 aliphatic carbocycles. The summed E-state index contributed by atoms with van der Waals surface area (Å²) in [4.78, 5) is 12.0. The number of fused-ring (bicyclic) bond motifs is 1. The Morgan fingerprint density at radius 2 is 1.92 bits per heavy atom. The molecular formula is C18H17F2N3O. The molecule has 2 N–H and O–H groups in total. The zero-order chi connectivity index (χ0) is 17.1. The van der Waals surface area contributed by atoms with E-state index >= 15 is 0 Å². The van der Waals surface area contributed by atoms with Crippen LogP contribution in [0.15, 0.2) is 48.7 Å². The van der Waals surface area contributed by atoms with Crippen LogP contribution in [0.5, 0.6) is 0 Å². The minimum Gasteiger partial charge on any atom is -0.347 e. The topological polar surface area (TPSA) is 46.1 Å². The summed E-state index contributed by atoms with van der Waals surface area (Å²) in [7, 11) is 0. The summed E-state index contributed by atoms with van der Waals surface area (Å²) in [5.41, 5.74) is 1.60. The fourth-order valence-electron chi connectivity index (χ4n) is 2.59. The van der Waals surface area contributed by atoms with Gasteiger partial charge in [-0.2, -0.15) is 0 Å². The van der Waals surface area contributed by atoms with Gasteiger partial charge in [0.2, 0.25) is 0 Å². The van der Waals surface area contributed by atoms with E-state index in [1.54, 1.807) is 6.07 Å². The number of amides is 2. The highest BCUT2D eigenvalue weighted by molar-refractivity contribution is 6.01. The van der Waals surface area contributed by atoms with Crippen molar-refractivity contribution >= 4 is 28.3 Å². The standard InChI is InChI=1S/C18H17F2N3O/c1-2-8-23-9-7-12-10-14(4-6-17(12)23)21-18(24)22-16-5-3-13(19)11-15(16)20/h3-7,9-11H,2,8H2,1H3,(H2,21,22,24). The zero-order valence-electron chi connectivity index (χ0n) is 13.1. The monoisotopic (exact) mass is 329 g/mol. The van der Waals surface area contributed by atoms with Gasteiger partial charge in [0.25, 0.3) is 0 Å². The summed E-state index contributed by atoms with van der Waals surface area (Å²) in [5, 5.41) is 6.02. The van der Waals surface area contributed by atoms with Crippen molar-refractivity contribution in [2.75, 3.05) is 10.6 Å². The van der Waals surface area contributed by atoms with Gasteiger partial charge in [-0.1, -0.05) is 6.92 Å². The number of nitrogens with zero attached hydrogens (tertiary/aromatic N) is 1. The average molecular weight is 329 g/mol. The lowest BCUT2D eigenvalue weighted by molar-refractivity contribution is 0.262. The third kappa shape index (κ3) is 3.37. The average Bonchev–Trinajstić information content (AvgIpc) is 2.93. The van der Waals surface area contributed by atoms with Crippen LogP contribution in [0.4, 0.5) is 25.0 Å². The normalized spacial score (nSPS) is 10.8. The van der Waals surface area contributed by atoms with Crippen molar-refractivity contribution in [2.45, 2.75) is 19.9 Å². The van der Waals surface area contributed by atoms with Gasteiger partial charge in [-0.25, -0.2) is 13.6 Å². The molecule has 0 unspecified atom stereocenters. The van der Waals surface area contributed by atoms with Gasteiger partial charge in [0, 0.05) is 35.4 Å². The highest BCUT2D eigenvalue weighted by Crippen LogP contribution is 2.21. The van der Waals surface area contributed by atoms with E-state index in [-0.39, 0.29) is 5.69 Å². The first-order chi connectivity index (χ1) is 11.6. The smallest absolute Gasteiger partial charge is 0.323 e. The predicted octanol–water partition coefficient (Wildman–Crippen LogP) is 4.97. The molecule has 0 radical (unpaired) electrons. The molecule has 0 aliphatic rings. The number of aromatic nitrogens is 1. The number of nitrogens with one attached hydrogen (secondary N) is 2. The maximum atomic E-state index is 13.5. The second kappa shape index (κ2) is 6.70. The lowest BCUT2D eigenvalue weighted by atomic mass is 10.2. The number of urea groups is 1. The quantitative estimate of drug-likeness (QED) is 0.697. The molecule has 3 rings (SSSR count). The second-order valence-electron chi connectivity index (χ2n) is 5.49. The van der Waals surface area contributed by atoms with Crippen molar-refractivity contribution in [2.24, 2.45) is 0 Å². The van der Waals surface area contributed by atoms with Gasteiger partial charge in [0.1, 0.15) is 11.6 Å². The first kappa shape index (κ1) is 16.0. The van der Waals surface area contributed by atoms with Crippen molar-refractivity contribution < 1.29 is 13.6 Å². The van der Waals surface area contributed by atoms with Crippen LogP contribution in [0.2, 0.25) is 0 Å². The summed E-state index contributed by atoms with van der Waals surface area (Å²) >= 11 is 0. The number of carbonyl (C=O) groups excluding carboxylic acids is 1. The Hall–Kier alpha value is -2.89. The Bertz CT molecular complexity index is 889. The van der Waals surface area contributed by atoms with Gasteiger partial charge in [0.05, 0.1) is 5.69 Å². The molecule has 0 spiro atoms. The van der Waals surface area contributed by atoms with Crippen molar-refractivity contribution in [1.29, 1.82) is 0 Å². The van der Waals surface area contributed by atoms with Crippen LogP contribution in [0.25, 0.3) is 10.9 Å². The van der Waals surface area contributed by atoms with Crippen molar-refractivity contribution in [3.63, 3.8) is 0 Å². The van der Waals surface area contributed by atoms with Crippen molar-refractivity contribution in [3.05, 3.63) is 60.3 Å². The largest absolute Gasteiger partial charge is 0.347 e. The Morgan fingerprint density at radius 3 is 2.67 bits per heavy atom. The third-order valence-electron chi connectivity index (χ3n) is 3.67. The molecule has 0 atom stereocenters. The van der Waals surface area contributed by atoms with E-state index in [1.165, 1.54) is 6.07 Å². The van der Waals surface area contributed by atoms with Crippen LogP contribution in [0.3, 0.4) is 0 Å². The van der Waals surface area contributed by atoms with E-state index in [9.17, 15) is 13.6 Å². The van der Waals surface area contributed by atoms with Crippen molar-refractivity contribution in [1.82, 2.24) is 4.57 Å². The maximum Gasteiger partial charge on any atom is 0.323 e. The molecule has 0 bridgehead atoms. The Labute approximate surface area is 138 Å². The molecule has 6 heteroatoms. The zero-order valence-corrected chi connectivity index (χ0v) is 13.1. The number of carbonyl (C=O) groups is 1. The van der Waals surface area contributed by atoms with E-state index in [1.807, 2.05) is 24.4 Å². The third-order valence-corrected chi connectivity index (χ3v) is 3.67. The van der Waals surface area contributed by atoms with Gasteiger partial charge in [0.15, 0.2) is 0 Å². The van der Waals surface area contributed by atoms with E-state index in [0.717, 1.165) is 36.0 Å². The SMILES string of the molecule is CCCn1ccc2cc(NC(=O)Nc3ccc(F)cc3F)ccc21. The fourth-order valence-corrected chi connectivity index (χ4v) is 2.59. The van der Waals surface area contributed by atoms with Crippen LogP contribution in [0, 0.1) is 11.6 Å². The van der Waals surface area contributed by atoms with Gasteiger partial charge in [-0.3, -0.25) is 0 Å². The van der Waals surface area contributed by atoms with E-state index in [4.69, 9.17) is 0 Å². The molecule has 3 aromatic rings. The van der Waals surface area contributed by atoms with Crippen LogP contribution < -0.4 is 10.6 Å². The molecule has 0 saturated heterocycles. The Kier molecular flexibility index (Phi) is 4.46. The van der Waals surface area contributed by atoms with Gasteiger partial charge in [-0.05, 0) is 42.8 Å². The number of anilines is 2. The molecule has 1 aromatic heterocycles. The van der Waals surface area contributed by atoms with Gasteiger partial charge >= 0.3 is 6.03 Å². The summed E-state index contributed by atoms with van der Waals surface area (Å²) in [6.07, 6.45) is 3.04. The van der Waals surface area contributed by atoms with E-state index < -0.39 is 17.7 Å². The molecule has 0 aliphatic heterocycles. The van der Waals surface area contributed by atoms with Crippen LogP contribution >= 0.6 is 0 Å². The highest BCUT2D eigenvalue weighted by Gasteiger charge is 2.09. The minimum atomic E-state index is -0.822. The summed E-state index contributed by atoms with van der Waals surface area (Å²) in [6, 6.07) is 9.94. The molecule has 124 valence electrons. The van der Waals surface area contributed by atoms with E-state index in [2.05, 4.69) is 22.1 Å². The molecule has 2 aromatic carbocycles. The fraction of sp³-hybridized carbons (Fsp3) is 0.167. The Morgan fingerprint density at radius 1 is 1.08 bits per heavy atom. The molecule has 4 nitrogen and oxygen atoms in total. The molecule has 0 fully saturated rings. The number of hydrogen-bond donors (Lipinski definition) is 2. The number of aryl methyl sites for hydroxylation is 1. The highest BCUT2D eigenvalue weighted by atomic mass is 19.1. The Balaban J connectivity index is 1.73. The summed E-state index contributed by atoms with van der Waals surface area (Å²) in [5.74, 6) is -1.52. The summed E-state index contributed by atoms with van der Waals surface area (Å²) < 4.78 is 28.6. The number of halogens is 2. The molecule has 2 amide bonds. The lowest BCUT2D eigenvalue weighted by Crippen LogP contribution is -2.20. The molecular weight excluding hydrogens is 312 g/mol. The predicted molar refractivity (Wildman–Crippen MR) is 91.2 cm³/mol. The van der Waals surface area contributed by atoms with Crippen LogP contribution in [-0.4, -0.2) is 10.6 Å². The number of rotatable bonds is 4. The summed E-state index contributed by atoms with van der Waals surface area (Å²) in [6.45, 7) is 3.04. The first-order valence-electron chi connectivity index (χ1n) is 7.69. The minimum absolute atomic E-state index is 0.0796. The lowest BCUT2D eigenvalue weighted by Gasteiger charge is -2.09. The number of hydrogen-bond acceptors (Lipinski definition) is 1. The van der Waals surface area contributed by atoms with Crippen LogP contribution in [-0.2, 0) is 6.54 Å². The molecule has 0 saturated carbocycles. The van der Waals surface area contributed by atoms with E-state index in [0.29, 0.717) is 5.69 Å². The number of benzene rings is 2. The maximum absolute atomic E-state index is 13.5. The molecule has 24 heavy (non-hydrogen) atoms. The van der Waals surface area contributed by atoms with Crippen molar-refractivity contribution in [3.8, 4) is 0 Å². The second-order valence-corrected chi connectivity index (χ2v) is 5.49. The molecule has 1 heterocycles.